The number of H-pyrrole nitrogens is 1. The van der Waals surface area contributed by atoms with E-state index in [-0.39, 0.29) is 17.0 Å². The zero-order chi connectivity index (χ0) is 12.6. The number of hydrogen-bond acceptors (Lipinski definition) is 2. The highest BCUT2D eigenvalue weighted by molar-refractivity contribution is 5.64. The Hall–Kier alpha value is -1.98. The topological polar surface area (TPSA) is 46.0 Å². The van der Waals surface area contributed by atoms with Gasteiger partial charge in [0, 0.05) is 5.56 Å². The van der Waals surface area contributed by atoms with Crippen LogP contribution in [0.4, 0.5) is 13.2 Å². The van der Waals surface area contributed by atoms with E-state index in [9.17, 15) is 18.0 Å². The number of aromatic nitrogens is 1. The summed E-state index contributed by atoms with van der Waals surface area (Å²) >= 11 is 0. The van der Waals surface area contributed by atoms with Gasteiger partial charge >= 0.3 is 11.9 Å². The first kappa shape index (κ1) is 11.5. The van der Waals surface area contributed by atoms with Crippen LogP contribution in [0.15, 0.2) is 33.5 Å². The summed E-state index contributed by atoms with van der Waals surface area (Å²) in [7, 11) is 0. The molecule has 0 saturated carbocycles. The van der Waals surface area contributed by atoms with Crippen molar-refractivity contribution in [3.8, 4) is 11.3 Å². The number of hydrogen-bond donors (Lipinski definition) is 1. The summed E-state index contributed by atoms with van der Waals surface area (Å²) in [5.41, 5.74) is -0.701. The minimum Gasteiger partial charge on any atom is -0.408 e. The monoisotopic (exact) mass is 243 g/mol. The highest BCUT2D eigenvalue weighted by Gasteiger charge is 2.34. The second-order valence-electron chi connectivity index (χ2n) is 3.51. The highest BCUT2D eigenvalue weighted by atomic mass is 19.4. The van der Waals surface area contributed by atoms with E-state index in [0.29, 0.717) is 0 Å². The van der Waals surface area contributed by atoms with E-state index in [2.05, 4.69) is 4.98 Å². The van der Waals surface area contributed by atoms with Crippen molar-refractivity contribution in [1.29, 1.82) is 0 Å². The average Bonchev–Trinajstić information content (AvgIpc) is 2.56. The molecule has 0 unspecified atom stereocenters. The number of rotatable bonds is 1. The van der Waals surface area contributed by atoms with Gasteiger partial charge in [-0.3, -0.25) is 4.98 Å². The van der Waals surface area contributed by atoms with E-state index in [4.69, 9.17) is 4.42 Å². The molecule has 0 amide bonds. The quantitative estimate of drug-likeness (QED) is 0.836. The van der Waals surface area contributed by atoms with Crippen molar-refractivity contribution in [3.05, 3.63) is 46.1 Å². The van der Waals surface area contributed by atoms with E-state index < -0.39 is 17.5 Å². The Kier molecular flexibility index (Phi) is 2.57. The number of alkyl halides is 3. The fraction of sp³-hybridized carbons (Fsp3) is 0.182. The van der Waals surface area contributed by atoms with Gasteiger partial charge in [-0.1, -0.05) is 18.2 Å². The van der Waals surface area contributed by atoms with Crippen LogP contribution in [0.2, 0.25) is 0 Å². The van der Waals surface area contributed by atoms with Gasteiger partial charge in [-0.05, 0) is 13.0 Å². The molecule has 0 bridgehead atoms. The number of aromatic amines is 1. The Bertz CT molecular complexity index is 595. The van der Waals surface area contributed by atoms with Gasteiger partial charge in [-0.15, -0.1) is 0 Å². The number of halogens is 3. The molecular formula is C11H8F3NO2. The highest BCUT2D eigenvalue weighted by Crippen LogP contribution is 2.37. The second kappa shape index (κ2) is 3.80. The molecule has 1 heterocycles. The zero-order valence-corrected chi connectivity index (χ0v) is 8.76. The molecule has 0 saturated heterocycles. The molecule has 0 spiro atoms. The number of aryl methyl sites for hydroxylation is 1. The van der Waals surface area contributed by atoms with E-state index in [0.717, 1.165) is 6.07 Å². The Balaban J connectivity index is 2.68. The summed E-state index contributed by atoms with van der Waals surface area (Å²) in [6, 6.07) is 4.95. The van der Waals surface area contributed by atoms with Crippen molar-refractivity contribution >= 4 is 0 Å². The molecule has 0 aliphatic carbocycles. The van der Waals surface area contributed by atoms with Crippen molar-refractivity contribution in [3.63, 3.8) is 0 Å². The molecule has 0 fully saturated rings. The molecular weight excluding hydrogens is 235 g/mol. The van der Waals surface area contributed by atoms with Gasteiger partial charge in [-0.25, -0.2) is 4.79 Å². The number of benzene rings is 1. The molecule has 2 aromatic rings. The SMILES string of the molecule is Cc1[nH]c(=O)oc1-c1ccccc1C(F)(F)F. The Labute approximate surface area is 93.9 Å². The molecule has 1 N–H and O–H groups in total. The van der Waals surface area contributed by atoms with E-state index in [1.54, 1.807) is 0 Å². The van der Waals surface area contributed by atoms with Crippen LogP contribution in [0, 0.1) is 6.92 Å². The lowest BCUT2D eigenvalue weighted by Gasteiger charge is -2.10. The van der Waals surface area contributed by atoms with Gasteiger partial charge in [0.15, 0.2) is 5.76 Å². The van der Waals surface area contributed by atoms with Crippen LogP contribution in [-0.4, -0.2) is 4.98 Å². The molecule has 6 heteroatoms. The first-order valence-corrected chi connectivity index (χ1v) is 4.76. The van der Waals surface area contributed by atoms with Crippen molar-refractivity contribution < 1.29 is 17.6 Å². The van der Waals surface area contributed by atoms with Crippen LogP contribution >= 0.6 is 0 Å². The van der Waals surface area contributed by atoms with Crippen LogP contribution in [0.25, 0.3) is 11.3 Å². The van der Waals surface area contributed by atoms with Crippen LogP contribution in [0.3, 0.4) is 0 Å². The van der Waals surface area contributed by atoms with Gasteiger partial charge in [-0.2, -0.15) is 13.2 Å². The first-order chi connectivity index (χ1) is 7.89. The molecule has 17 heavy (non-hydrogen) atoms. The fourth-order valence-corrected chi connectivity index (χ4v) is 1.59. The minimum atomic E-state index is -4.49. The van der Waals surface area contributed by atoms with Crippen LogP contribution in [-0.2, 0) is 6.18 Å². The van der Waals surface area contributed by atoms with E-state index in [1.807, 2.05) is 0 Å². The number of oxazole rings is 1. The molecule has 2 rings (SSSR count). The molecule has 1 aromatic heterocycles. The summed E-state index contributed by atoms with van der Waals surface area (Å²) in [5.74, 6) is -0.850. The molecule has 3 nitrogen and oxygen atoms in total. The third-order valence-corrected chi connectivity index (χ3v) is 2.30. The average molecular weight is 243 g/mol. The van der Waals surface area contributed by atoms with Gasteiger partial charge in [0.2, 0.25) is 0 Å². The van der Waals surface area contributed by atoms with Gasteiger partial charge in [0.1, 0.15) is 0 Å². The normalized spacial score (nSPS) is 11.8. The van der Waals surface area contributed by atoms with Gasteiger partial charge < -0.3 is 4.42 Å². The van der Waals surface area contributed by atoms with Gasteiger partial charge in [0.25, 0.3) is 0 Å². The predicted molar refractivity (Wildman–Crippen MR) is 54.5 cm³/mol. The smallest absolute Gasteiger partial charge is 0.408 e. The Morgan fingerprint density at radius 2 is 1.88 bits per heavy atom. The molecule has 90 valence electrons. The maximum atomic E-state index is 12.7. The lowest BCUT2D eigenvalue weighted by molar-refractivity contribution is -0.137. The van der Waals surface area contributed by atoms with Crippen molar-refractivity contribution in [1.82, 2.24) is 4.98 Å². The maximum Gasteiger partial charge on any atom is 0.417 e. The van der Waals surface area contributed by atoms with Crippen LogP contribution in [0.5, 0.6) is 0 Å². The molecule has 0 aliphatic heterocycles. The zero-order valence-electron chi connectivity index (χ0n) is 8.76. The summed E-state index contributed by atoms with van der Waals surface area (Å²) in [6.07, 6.45) is -4.49. The largest absolute Gasteiger partial charge is 0.417 e. The van der Waals surface area contributed by atoms with Crippen LogP contribution < -0.4 is 5.76 Å². The molecule has 0 atom stereocenters. The predicted octanol–water partition coefficient (Wildman–Crippen LogP) is 2.96. The van der Waals surface area contributed by atoms with Crippen molar-refractivity contribution in [2.75, 3.05) is 0 Å². The fourth-order valence-electron chi connectivity index (χ4n) is 1.59. The third-order valence-electron chi connectivity index (χ3n) is 2.30. The van der Waals surface area contributed by atoms with E-state index >= 15 is 0 Å². The Morgan fingerprint density at radius 1 is 1.24 bits per heavy atom. The summed E-state index contributed by atoms with van der Waals surface area (Å²) in [4.78, 5) is 13.2. The maximum absolute atomic E-state index is 12.7. The summed E-state index contributed by atoms with van der Waals surface area (Å²) in [6.45, 7) is 1.48. The summed E-state index contributed by atoms with van der Waals surface area (Å²) in [5, 5.41) is 0. The van der Waals surface area contributed by atoms with Crippen molar-refractivity contribution in [2.45, 2.75) is 13.1 Å². The molecule has 0 aliphatic rings. The van der Waals surface area contributed by atoms with Crippen molar-refractivity contribution in [2.24, 2.45) is 0 Å². The minimum absolute atomic E-state index is 0.0806. The molecule has 0 radical (unpaired) electrons. The second-order valence-corrected chi connectivity index (χ2v) is 3.51. The Morgan fingerprint density at radius 3 is 2.41 bits per heavy atom. The third kappa shape index (κ3) is 2.11. The first-order valence-electron chi connectivity index (χ1n) is 4.76. The lowest BCUT2D eigenvalue weighted by atomic mass is 10.0. The number of nitrogens with one attached hydrogen (secondary N) is 1. The van der Waals surface area contributed by atoms with Crippen LogP contribution in [0.1, 0.15) is 11.3 Å². The molecule has 1 aromatic carbocycles. The van der Waals surface area contributed by atoms with Gasteiger partial charge in [0.05, 0.1) is 11.3 Å². The standard InChI is InChI=1S/C11H8F3NO2/c1-6-9(17-10(16)15-6)7-4-2-3-5-8(7)11(12,13)14/h2-5H,1H3,(H,15,16). The van der Waals surface area contributed by atoms with E-state index in [1.165, 1.54) is 25.1 Å². The lowest BCUT2D eigenvalue weighted by Crippen LogP contribution is -2.06. The summed E-state index contributed by atoms with van der Waals surface area (Å²) < 4.78 is 43.0.